The summed E-state index contributed by atoms with van der Waals surface area (Å²) >= 11 is 0. The normalized spacial score (nSPS) is 10.5. The molecule has 2 aromatic carbocycles. The molecular formula is C21H21NO6. The van der Waals surface area contributed by atoms with Crippen LogP contribution in [0, 0.1) is 6.92 Å². The fourth-order valence-corrected chi connectivity index (χ4v) is 2.75. The molecule has 0 aliphatic heterocycles. The monoisotopic (exact) mass is 383 g/mol. The van der Waals surface area contributed by atoms with E-state index in [1.807, 2.05) is 24.3 Å². The fraction of sp³-hybridized carbons (Fsp3) is 0.238. The molecule has 0 saturated carbocycles. The maximum atomic E-state index is 12.3. The number of carbonyl (C=O) groups excluding carboxylic acids is 2. The van der Waals surface area contributed by atoms with Gasteiger partial charge in [-0.2, -0.15) is 0 Å². The maximum absolute atomic E-state index is 12.3. The van der Waals surface area contributed by atoms with E-state index in [9.17, 15) is 9.59 Å². The molecule has 1 heterocycles. The van der Waals surface area contributed by atoms with E-state index >= 15 is 0 Å². The lowest BCUT2D eigenvalue weighted by atomic mass is 10.1. The van der Waals surface area contributed by atoms with Gasteiger partial charge in [0.05, 0.1) is 14.2 Å². The number of nitrogens with one attached hydrogen (secondary N) is 1. The summed E-state index contributed by atoms with van der Waals surface area (Å²) < 4.78 is 21.0. The molecule has 1 amide bonds. The molecule has 0 aliphatic rings. The van der Waals surface area contributed by atoms with E-state index in [1.165, 1.54) is 0 Å². The Hall–Kier alpha value is -3.48. The van der Waals surface area contributed by atoms with E-state index in [4.69, 9.17) is 18.6 Å². The van der Waals surface area contributed by atoms with Crippen molar-refractivity contribution in [2.24, 2.45) is 0 Å². The van der Waals surface area contributed by atoms with Crippen molar-refractivity contribution in [3.63, 3.8) is 0 Å². The Morgan fingerprint density at radius 2 is 1.79 bits per heavy atom. The lowest BCUT2D eigenvalue weighted by Crippen LogP contribution is -2.28. The number of aryl methyl sites for hydroxylation is 1. The van der Waals surface area contributed by atoms with Crippen LogP contribution in [0.3, 0.4) is 0 Å². The molecule has 0 fully saturated rings. The van der Waals surface area contributed by atoms with E-state index in [1.54, 1.807) is 39.3 Å². The first-order valence-electron chi connectivity index (χ1n) is 8.65. The molecule has 7 nitrogen and oxygen atoms in total. The van der Waals surface area contributed by atoms with Crippen molar-refractivity contribution in [3.05, 3.63) is 59.4 Å². The summed E-state index contributed by atoms with van der Waals surface area (Å²) in [6.45, 7) is 1.66. The zero-order chi connectivity index (χ0) is 20.1. The average molecular weight is 383 g/mol. The van der Waals surface area contributed by atoms with Gasteiger partial charge < -0.3 is 23.9 Å². The number of benzene rings is 2. The molecule has 0 spiro atoms. The van der Waals surface area contributed by atoms with E-state index in [0.717, 1.165) is 10.9 Å². The molecular weight excluding hydrogens is 362 g/mol. The van der Waals surface area contributed by atoms with Crippen LogP contribution >= 0.6 is 0 Å². The SMILES string of the molecule is COc1cccc(CNC(=O)COC(=O)c2oc3ccc(OC)cc3c2C)c1. The highest BCUT2D eigenvalue weighted by atomic mass is 16.5. The average Bonchev–Trinajstić information content (AvgIpc) is 3.06. The van der Waals surface area contributed by atoms with Gasteiger partial charge in [0, 0.05) is 17.5 Å². The zero-order valence-corrected chi connectivity index (χ0v) is 15.9. The number of amides is 1. The largest absolute Gasteiger partial charge is 0.497 e. The molecule has 7 heteroatoms. The number of rotatable bonds is 7. The molecule has 0 bridgehead atoms. The van der Waals surface area contributed by atoms with Gasteiger partial charge in [-0.3, -0.25) is 4.79 Å². The number of fused-ring (bicyclic) bond motifs is 1. The molecule has 0 radical (unpaired) electrons. The van der Waals surface area contributed by atoms with Gasteiger partial charge in [0.15, 0.2) is 6.61 Å². The number of hydrogen-bond donors (Lipinski definition) is 1. The van der Waals surface area contributed by atoms with E-state index < -0.39 is 18.5 Å². The van der Waals surface area contributed by atoms with Crippen LogP contribution in [0.4, 0.5) is 0 Å². The van der Waals surface area contributed by atoms with Crippen LogP contribution in [0.1, 0.15) is 21.7 Å². The summed E-state index contributed by atoms with van der Waals surface area (Å²) in [4.78, 5) is 24.3. The zero-order valence-electron chi connectivity index (χ0n) is 15.9. The quantitative estimate of drug-likeness (QED) is 0.631. The first-order chi connectivity index (χ1) is 13.5. The van der Waals surface area contributed by atoms with Crippen LogP contribution in [0.15, 0.2) is 46.9 Å². The minimum atomic E-state index is -0.691. The molecule has 146 valence electrons. The second kappa shape index (κ2) is 8.47. The Balaban J connectivity index is 1.58. The highest BCUT2D eigenvalue weighted by molar-refractivity contribution is 5.97. The number of methoxy groups -OCH3 is 2. The number of esters is 1. The van der Waals surface area contributed by atoms with Gasteiger partial charge in [-0.05, 0) is 42.8 Å². The number of furan rings is 1. The Bertz CT molecular complexity index is 1010. The molecule has 0 unspecified atom stereocenters. The van der Waals surface area contributed by atoms with E-state index in [0.29, 0.717) is 29.2 Å². The second-order valence-electron chi connectivity index (χ2n) is 6.12. The van der Waals surface area contributed by atoms with Crippen molar-refractivity contribution in [2.45, 2.75) is 13.5 Å². The molecule has 0 aliphatic carbocycles. The third-order valence-corrected chi connectivity index (χ3v) is 4.29. The molecule has 0 atom stereocenters. The number of carbonyl (C=O) groups is 2. The third kappa shape index (κ3) is 4.25. The third-order valence-electron chi connectivity index (χ3n) is 4.29. The fourth-order valence-electron chi connectivity index (χ4n) is 2.75. The Labute approximate surface area is 162 Å². The van der Waals surface area contributed by atoms with Gasteiger partial charge in [-0.25, -0.2) is 4.79 Å². The number of hydrogen-bond acceptors (Lipinski definition) is 6. The van der Waals surface area contributed by atoms with Crippen molar-refractivity contribution < 1.29 is 28.2 Å². The van der Waals surface area contributed by atoms with E-state index in [2.05, 4.69) is 5.32 Å². The number of ether oxygens (including phenoxy) is 3. The molecule has 1 N–H and O–H groups in total. The van der Waals surface area contributed by atoms with Crippen LogP contribution in [0.5, 0.6) is 11.5 Å². The van der Waals surface area contributed by atoms with Gasteiger partial charge >= 0.3 is 5.97 Å². The first-order valence-corrected chi connectivity index (χ1v) is 8.65. The van der Waals surface area contributed by atoms with Crippen LogP contribution in [0.25, 0.3) is 11.0 Å². The summed E-state index contributed by atoms with van der Waals surface area (Å²) in [5.74, 6) is 0.336. The minimum Gasteiger partial charge on any atom is -0.497 e. The summed E-state index contributed by atoms with van der Waals surface area (Å²) in [5.41, 5.74) is 2.06. The van der Waals surface area contributed by atoms with Crippen molar-refractivity contribution in [1.82, 2.24) is 5.32 Å². The summed E-state index contributed by atoms with van der Waals surface area (Å²) in [6, 6.07) is 12.6. The lowest BCUT2D eigenvalue weighted by molar-refractivity contribution is -0.124. The molecule has 1 aromatic heterocycles. The summed E-state index contributed by atoms with van der Waals surface area (Å²) in [5, 5.41) is 3.45. The van der Waals surface area contributed by atoms with Crippen LogP contribution < -0.4 is 14.8 Å². The van der Waals surface area contributed by atoms with Gasteiger partial charge in [-0.1, -0.05) is 12.1 Å². The molecule has 28 heavy (non-hydrogen) atoms. The Kier molecular flexibility index (Phi) is 5.84. The van der Waals surface area contributed by atoms with Gasteiger partial charge in [0.2, 0.25) is 5.76 Å². The molecule has 0 saturated heterocycles. The highest BCUT2D eigenvalue weighted by Crippen LogP contribution is 2.29. The highest BCUT2D eigenvalue weighted by Gasteiger charge is 2.20. The smallest absolute Gasteiger partial charge is 0.375 e. The van der Waals surface area contributed by atoms with Gasteiger partial charge in [0.25, 0.3) is 5.91 Å². The molecule has 3 rings (SSSR count). The first kappa shape index (κ1) is 19.3. The van der Waals surface area contributed by atoms with Crippen molar-refractivity contribution in [2.75, 3.05) is 20.8 Å². The summed E-state index contributed by atoms with van der Waals surface area (Å²) in [6.07, 6.45) is 0. The van der Waals surface area contributed by atoms with Crippen molar-refractivity contribution in [3.8, 4) is 11.5 Å². The Morgan fingerprint density at radius 3 is 2.54 bits per heavy atom. The van der Waals surface area contributed by atoms with Crippen LogP contribution in [0.2, 0.25) is 0 Å². The predicted molar refractivity (Wildman–Crippen MR) is 103 cm³/mol. The maximum Gasteiger partial charge on any atom is 0.375 e. The lowest BCUT2D eigenvalue weighted by Gasteiger charge is -2.07. The van der Waals surface area contributed by atoms with Crippen LogP contribution in [-0.4, -0.2) is 32.7 Å². The summed E-state index contributed by atoms with van der Waals surface area (Å²) in [7, 11) is 3.14. The Morgan fingerprint density at radius 1 is 1.04 bits per heavy atom. The predicted octanol–water partition coefficient (Wildman–Crippen LogP) is 3.23. The van der Waals surface area contributed by atoms with Gasteiger partial charge in [-0.15, -0.1) is 0 Å². The van der Waals surface area contributed by atoms with Crippen molar-refractivity contribution >= 4 is 22.8 Å². The van der Waals surface area contributed by atoms with Crippen molar-refractivity contribution in [1.29, 1.82) is 0 Å². The van der Waals surface area contributed by atoms with Gasteiger partial charge in [0.1, 0.15) is 17.1 Å². The van der Waals surface area contributed by atoms with Crippen LogP contribution in [-0.2, 0) is 16.1 Å². The second-order valence-corrected chi connectivity index (χ2v) is 6.12. The standard InChI is InChI=1S/C21H21NO6/c1-13-17-10-16(26-3)7-8-18(17)28-20(13)21(24)27-12-19(23)22-11-14-5-4-6-15(9-14)25-2/h4-10H,11-12H2,1-3H3,(H,22,23). The molecule has 3 aromatic rings. The topological polar surface area (TPSA) is 87.0 Å². The van der Waals surface area contributed by atoms with E-state index in [-0.39, 0.29) is 5.76 Å². The minimum absolute atomic E-state index is 0.0730.